The van der Waals surface area contributed by atoms with Crippen LogP contribution in [0.2, 0.25) is 0 Å². The Hall–Kier alpha value is -1.65. The Kier molecular flexibility index (Phi) is 13.4. The normalized spacial score (nSPS) is 57.5. The fraction of sp³-hybridized carbons (Fsp3) is 0.914. The molecule has 0 aliphatic carbocycles. The summed E-state index contributed by atoms with van der Waals surface area (Å²) in [6, 6.07) is 0. The minimum Gasteiger partial charge on any atom is -0.459 e. The number of carbonyl (C=O) groups excluding carboxylic acids is 1. The molecule has 0 aromatic carbocycles. The second kappa shape index (κ2) is 19.5. The molecule has 10 bridgehead atoms. The molecule has 17 nitrogen and oxygen atoms in total. The van der Waals surface area contributed by atoms with Gasteiger partial charge in [-0.25, -0.2) is 0 Å². The third-order valence-corrected chi connectivity index (χ3v) is 21.0. The Labute approximate surface area is 441 Å². The smallest absolute Gasteiger partial charge is 0.308 e. The van der Waals surface area contributed by atoms with Crippen molar-refractivity contribution in [2.75, 3.05) is 6.61 Å². The van der Waals surface area contributed by atoms with Crippen molar-refractivity contribution in [2.24, 2.45) is 23.7 Å². The molecule has 0 amide bonds. The maximum absolute atomic E-state index is 14.5. The van der Waals surface area contributed by atoms with Crippen molar-refractivity contribution in [3.63, 3.8) is 0 Å². The van der Waals surface area contributed by atoms with Gasteiger partial charge in [0, 0.05) is 70.1 Å². The van der Waals surface area contributed by atoms with Crippen LogP contribution in [0, 0.1) is 23.7 Å². The van der Waals surface area contributed by atoms with E-state index in [9.17, 15) is 15.0 Å². The van der Waals surface area contributed by atoms with Crippen molar-refractivity contribution < 1.29 is 81.3 Å². The molecule has 2 N–H and O–H groups in total. The van der Waals surface area contributed by atoms with E-state index in [1.165, 1.54) is 0 Å². The van der Waals surface area contributed by atoms with E-state index in [4.69, 9.17) is 66.3 Å². The first kappa shape index (κ1) is 51.5. The zero-order chi connectivity index (χ0) is 51.3. The van der Waals surface area contributed by atoms with E-state index in [0.29, 0.717) is 57.8 Å². The third-order valence-electron chi connectivity index (χ3n) is 21.0. The molecule has 75 heavy (non-hydrogen) atoms. The maximum atomic E-state index is 14.5. The quantitative estimate of drug-likeness (QED) is 0.224. The Morgan fingerprint density at radius 2 is 1.16 bits per heavy atom. The lowest BCUT2D eigenvalue weighted by Gasteiger charge is -2.54. The molecule has 14 saturated heterocycles. The Morgan fingerprint density at radius 3 is 2.01 bits per heavy atom. The van der Waals surface area contributed by atoms with E-state index < -0.39 is 41.8 Å². The molecule has 0 saturated carbocycles. The first-order valence-electron chi connectivity index (χ1n) is 29.6. The van der Waals surface area contributed by atoms with Gasteiger partial charge in [0.15, 0.2) is 17.4 Å². The molecule has 29 atom stereocenters. The van der Waals surface area contributed by atoms with Crippen LogP contribution in [0.3, 0.4) is 0 Å². The average molecular weight is 1050 g/mol. The predicted molar refractivity (Wildman–Crippen MR) is 264 cm³/mol. The molecule has 0 aromatic rings. The van der Waals surface area contributed by atoms with Crippen LogP contribution in [0.4, 0.5) is 0 Å². The van der Waals surface area contributed by atoms with E-state index >= 15 is 0 Å². The van der Waals surface area contributed by atoms with Gasteiger partial charge >= 0.3 is 5.97 Å². The number of rotatable bonds is 1. The van der Waals surface area contributed by atoms with Crippen LogP contribution in [-0.4, -0.2) is 174 Å². The molecule has 0 radical (unpaired) electrons. The largest absolute Gasteiger partial charge is 0.459 e. The molecule has 418 valence electrons. The molecule has 14 aliphatic heterocycles. The number of hydrogen-bond acceptors (Lipinski definition) is 17. The van der Waals surface area contributed by atoms with Gasteiger partial charge in [0.05, 0.1) is 129 Å². The lowest BCUT2D eigenvalue weighted by atomic mass is 9.78. The summed E-state index contributed by atoms with van der Waals surface area (Å²) in [5, 5.41) is 20.6. The third kappa shape index (κ3) is 9.29. The molecule has 14 rings (SSSR count). The minimum atomic E-state index is -0.903. The number of ether oxygens (including phenoxy) is 14. The van der Waals surface area contributed by atoms with Crippen LogP contribution in [0.25, 0.3) is 0 Å². The van der Waals surface area contributed by atoms with Crippen LogP contribution < -0.4 is 0 Å². The van der Waals surface area contributed by atoms with Crippen LogP contribution >= 0.6 is 0 Å². The highest BCUT2D eigenvalue weighted by Crippen LogP contribution is 2.56. The van der Waals surface area contributed by atoms with Crippen LogP contribution in [0.15, 0.2) is 24.3 Å². The fourth-order valence-electron chi connectivity index (χ4n) is 17.3. The summed E-state index contributed by atoms with van der Waals surface area (Å²) in [6.45, 7) is 17.6. The summed E-state index contributed by atoms with van der Waals surface area (Å²) in [5.41, 5.74) is 2.19. The first-order valence-corrected chi connectivity index (χ1v) is 29.6. The number of aliphatic hydroxyl groups is 2. The lowest BCUT2D eigenvalue weighted by Crippen LogP contribution is -2.62. The van der Waals surface area contributed by atoms with E-state index in [1.807, 2.05) is 0 Å². The predicted octanol–water partition coefficient (Wildman–Crippen LogP) is 6.19. The first-order chi connectivity index (χ1) is 36.1. The number of hydrogen-bond donors (Lipinski definition) is 2. The van der Waals surface area contributed by atoms with Crippen molar-refractivity contribution in [3.8, 4) is 0 Å². The standard InChI is InChI=1S/C58H84O17/c1-27-15-33-7-9-37-28(2)16-35(62-37)11-13-56-14-12-38(70-56)41-20-46(72-56)55-39(65-41)10-8-34(64-55)17-50(61)69-54-32(6)53-44(66-43(54)19-40(63-33)31(27)5)21-42-47(67-53)24-58(71-42)25-48-52(75-58)30(4)23-57(74-48)22-29(3)51-45(73-57)18-36(60)49(26-59)68-51/h27,29-30,32-49,51-55,59-60H,2,5,7-26H2,1,3-4,6H3/t27-,29+,30+,32+,33?,34-,35+,36-,37?,38?,39+,40?,41-,42-,43?,44+,45?,46-,47-,48?,49?,51?,52?,53+,54-,55+,56+,57-,58+/m1/s1. The summed E-state index contributed by atoms with van der Waals surface area (Å²) in [4.78, 5) is 14.5. The van der Waals surface area contributed by atoms with Crippen molar-refractivity contribution >= 4 is 5.97 Å². The highest BCUT2D eigenvalue weighted by atomic mass is 16.8. The van der Waals surface area contributed by atoms with Crippen LogP contribution in [0.5, 0.6) is 0 Å². The maximum Gasteiger partial charge on any atom is 0.308 e. The molecular weight excluding hydrogens is 969 g/mol. The van der Waals surface area contributed by atoms with Gasteiger partial charge in [-0.1, -0.05) is 40.9 Å². The SMILES string of the molecule is C=C1C[C@@H]2CC[C@]34CCC(O3)[C@H]3C[C@@H](O4)[C@H]4O[C@H](CC[C@@H]4O3)CC(=O)O[C@H]3C(CC4OC(CCC1O2)C[C@@H](C)C4=C)O[C@H]1C[C@H]2O[C@@]4(CC5O[C@]6(C[C@H](C)C7OC(CO)[C@H](O)CC7O6)C[C@H](C)C5O4)C[C@H]2O[C@H]1[C@@H]3C. The van der Waals surface area contributed by atoms with Crippen LogP contribution in [-0.2, 0) is 71.1 Å². The van der Waals surface area contributed by atoms with Gasteiger partial charge in [0.1, 0.15) is 18.3 Å². The number of carbonyl (C=O) groups is 1. The summed E-state index contributed by atoms with van der Waals surface area (Å²) < 4.78 is 96.3. The van der Waals surface area contributed by atoms with E-state index in [-0.39, 0.29) is 153 Å². The van der Waals surface area contributed by atoms with E-state index in [1.54, 1.807) is 0 Å². The highest BCUT2D eigenvalue weighted by molar-refractivity contribution is 5.70. The molecule has 14 aliphatic rings. The van der Waals surface area contributed by atoms with E-state index in [2.05, 4.69) is 40.9 Å². The summed E-state index contributed by atoms with van der Waals surface area (Å²) >= 11 is 0. The Bertz CT molecular complexity index is 2180. The van der Waals surface area contributed by atoms with Crippen molar-refractivity contribution in [2.45, 2.75) is 301 Å². The number of esters is 1. The van der Waals surface area contributed by atoms with Crippen molar-refractivity contribution in [3.05, 3.63) is 24.3 Å². The van der Waals surface area contributed by atoms with Gasteiger partial charge in [-0.05, 0) is 80.3 Å². The monoisotopic (exact) mass is 1050 g/mol. The number of fused-ring (bicyclic) bond motifs is 13. The average Bonchev–Trinajstić information content (AvgIpc) is 4.13. The molecule has 0 aromatic heterocycles. The van der Waals surface area contributed by atoms with Gasteiger partial charge in [-0.2, -0.15) is 0 Å². The molecule has 10 unspecified atom stereocenters. The molecule has 3 spiro atoms. The zero-order valence-corrected chi connectivity index (χ0v) is 44.6. The van der Waals surface area contributed by atoms with Crippen molar-refractivity contribution in [1.82, 2.24) is 0 Å². The topological polar surface area (TPSA) is 187 Å². The van der Waals surface area contributed by atoms with Gasteiger partial charge in [-0.3, -0.25) is 4.79 Å². The number of aliphatic hydroxyl groups excluding tert-OH is 2. The second-order valence-corrected chi connectivity index (χ2v) is 26.3. The minimum absolute atomic E-state index is 0.000187. The molecular formula is C58H84O17. The van der Waals surface area contributed by atoms with Gasteiger partial charge < -0.3 is 76.5 Å². The second-order valence-electron chi connectivity index (χ2n) is 26.3. The Morgan fingerprint density at radius 1 is 0.493 bits per heavy atom. The summed E-state index contributed by atoms with van der Waals surface area (Å²) in [5.74, 6) is -2.53. The van der Waals surface area contributed by atoms with Gasteiger partial charge in [0.25, 0.3) is 0 Å². The fourth-order valence-corrected chi connectivity index (χ4v) is 17.3. The Balaban J connectivity index is 0.694. The summed E-state index contributed by atoms with van der Waals surface area (Å²) in [6.07, 6.45) is 6.71. The zero-order valence-electron chi connectivity index (χ0n) is 44.6. The van der Waals surface area contributed by atoms with Gasteiger partial charge in [-0.15, -0.1) is 0 Å². The highest BCUT2D eigenvalue weighted by Gasteiger charge is 2.65. The van der Waals surface area contributed by atoms with Crippen molar-refractivity contribution in [1.29, 1.82) is 0 Å². The molecule has 14 fully saturated rings. The molecule has 17 heteroatoms. The van der Waals surface area contributed by atoms with E-state index in [0.717, 1.165) is 68.9 Å². The lowest BCUT2D eigenvalue weighted by molar-refractivity contribution is -0.371. The summed E-state index contributed by atoms with van der Waals surface area (Å²) in [7, 11) is 0. The van der Waals surface area contributed by atoms with Crippen LogP contribution in [0.1, 0.15) is 150 Å². The molecule has 14 heterocycles. The van der Waals surface area contributed by atoms with Gasteiger partial charge in [0.2, 0.25) is 0 Å².